The van der Waals surface area contributed by atoms with E-state index in [-0.39, 0.29) is 5.97 Å². The highest BCUT2D eigenvalue weighted by atomic mass is 19.1. The van der Waals surface area contributed by atoms with Gasteiger partial charge in [-0.15, -0.1) is 0 Å². The zero-order valence-electron chi connectivity index (χ0n) is 11.1. The number of hydrogen-bond donors (Lipinski definition) is 0. The van der Waals surface area contributed by atoms with Gasteiger partial charge < -0.3 is 4.74 Å². The molecule has 1 heterocycles. The molecule has 0 radical (unpaired) electrons. The summed E-state index contributed by atoms with van der Waals surface area (Å²) in [5.41, 5.74) is 1.42. The molecule has 0 N–H and O–H groups in total. The number of esters is 1. The summed E-state index contributed by atoms with van der Waals surface area (Å²) in [6.45, 7) is 0. The largest absolute Gasteiger partial charge is 0.423 e. The Morgan fingerprint density at radius 3 is 2.67 bits per heavy atom. The summed E-state index contributed by atoms with van der Waals surface area (Å²) in [6, 6.07) is 3.60. The Morgan fingerprint density at radius 1 is 1.24 bits per heavy atom. The van der Waals surface area contributed by atoms with Gasteiger partial charge in [0.25, 0.3) is 0 Å². The van der Waals surface area contributed by atoms with Gasteiger partial charge >= 0.3 is 11.7 Å². The number of nitro benzene ring substituents is 1. The molecule has 0 fully saturated rings. The first-order valence-electron chi connectivity index (χ1n) is 6.66. The Balaban J connectivity index is 1.99. The normalized spacial score (nSPS) is 19.7. The van der Waals surface area contributed by atoms with Crippen LogP contribution in [0.4, 0.5) is 10.1 Å². The van der Waals surface area contributed by atoms with Gasteiger partial charge in [0, 0.05) is 17.2 Å². The van der Waals surface area contributed by atoms with Crippen LogP contribution in [0.5, 0.6) is 0 Å². The predicted molar refractivity (Wildman–Crippen MR) is 72.6 cm³/mol. The molecule has 0 atom stereocenters. The van der Waals surface area contributed by atoms with Gasteiger partial charge in [-0.2, -0.15) is 4.39 Å². The highest BCUT2D eigenvalue weighted by Crippen LogP contribution is 2.37. The average molecular weight is 289 g/mol. The van der Waals surface area contributed by atoms with E-state index in [0.717, 1.165) is 37.0 Å². The van der Waals surface area contributed by atoms with Crippen LogP contribution in [0.1, 0.15) is 31.2 Å². The van der Waals surface area contributed by atoms with Crippen LogP contribution in [0.2, 0.25) is 0 Å². The molecule has 0 unspecified atom stereocenters. The summed E-state index contributed by atoms with van der Waals surface area (Å²) in [4.78, 5) is 21.7. The van der Waals surface area contributed by atoms with Gasteiger partial charge in [-0.25, -0.2) is 4.79 Å². The van der Waals surface area contributed by atoms with E-state index in [2.05, 4.69) is 0 Å². The fraction of sp³-hybridized carbons (Fsp3) is 0.267. The molecule has 2 aliphatic rings. The first-order chi connectivity index (χ1) is 10.1. The van der Waals surface area contributed by atoms with Crippen LogP contribution in [-0.2, 0) is 9.53 Å². The zero-order chi connectivity index (χ0) is 15.0. The third-order valence-corrected chi connectivity index (χ3v) is 3.68. The second-order valence-electron chi connectivity index (χ2n) is 5.03. The summed E-state index contributed by atoms with van der Waals surface area (Å²) in [6.07, 6.45) is 4.96. The Labute approximate surface area is 119 Å². The van der Waals surface area contributed by atoms with Gasteiger partial charge in [0.1, 0.15) is 5.76 Å². The fourth-order valence-electron chi connectivity index (χ4n) is 2.65. The van der Waals surface area contributed by atoms with E-state index >= 15 is 0 Å². The second kappa shape index (κ2) is 5.12. The van der Waals surface area contributed by atoms with E-state index in [4.69, 9.17) is 4.74 Å². The van der Waals surface area contributed by atoms with Gasteiger partial charge in [0.05, 0.1) is 4.92 Å². The van der Waals surface area contributed by atoms with E-state index in [1.165, 1.54) is 6.07 Å². The lowest BCUT2D eigenvalue weighted by Gasteiger charge is -2.10. The van der Waals surface area contributed by atoms with Gasteiger partial charge in [-0.05, 0) is 43.4 Å². The number of cyclic esters (lactones) is 1. The maximum absolute atomic E-state index is 13.3. The lowest BCUT2D eigenvalue weighted by atomic mass is 9.92. The van der Waals surface area contributed by atoms with Crippen molar-refractivity contribution in [2.45, 2.75) is 25.7 Å². The van der Waals surface area contributed by atoms with E-state index in [1.807, 2.05) is 0 Å². The number of allylic oxidation sites excluding steroid dienone is 1. The minimum atomic E-state index is -0.886. The second-order valence-corrected chi connectivity index (χ2v) is 5.03. The number of benzene rings is 1. The van der Waals surface area contributed by atoms with Crippen molar-refractivity contribution in [1.82, 2.24) is 0 Å². The fourth-order valence-corrected chi connectivity index (χ4v) is 2.65. The third-order valence-electron chi connectivity index (χ3n) is 3.68. The van der Waals surface area contributed by atoms with Crippen molar-refractivity contribution in [2.24, 2.45) is 0 Å². The van der Waals surface area contributed by atoms with Crippen LogP contribution in [-0.4, -0.2) is 10.9 Å². The molecular weight excluding hydrogens is 277 g/mol. The molecule has 5 nitrogen and oxygen atoms in total. The monoisotopic (exact) mass is 289 g/mol. The number of nitrogens with zero attached hydrogens (tertiary/aromatic N) is 1. The smallest absolute Gasteiger partial charge is 0.339 e. The zero-order valence-corrected chi connectivity index (χ0v) is 11.1. The van der Waals surface area contributed by atoms with Gasteiger partial charge in [-0.1, -0.05) is 6.07 Å². The molecule has 0 amide bonds. The number of carbonyl (C=O) groups excluding carboxylic acids is 1. The van der Waals surface area contributed by atoms with Crippen LogP contribution in [0.25, 0.3) is 6.08 Å². The molecule has 1 aromatic rings. The summed E-state index contributed by atoms with van der Waals surface area (Å²) in [5, 5.41) is 10.7. The number of hydrogen-bond acceptors (Lipinski definition) is 4. The van der Waals surface area contributed by atoms with Crippen molar-refractivity contribution < 1.29 is 18.8 Å². The number of carbonyl (C=O) groups is 1. The van der Waals surface area contributed by atoms with Crippen molar-refractivity contribution in [3.63, 3.8) is 0 Å². The van der Waals surface area contributed by atoms with Crippen molar-refractivity contribution in [3.8, 4) is 0 Å². The highest BCUT2D eigenvalue weighted by molar-refractivity contribution is 5.95. The van der Waals surface area contributed by atoms with Gasteiger partial charge in [0.15, 0.2) is 0 Å². The van der Waals surface area contributed by atoms with Crippen LogP contribution in [0.15, 0.2) is 35.1 Å². The predicted octanol–water partition coefficient (Wildman–Crippen LogP) is 3.50. The lowest BCUT2D eigenvalue weighted by molar-refractivity contribution is -0.387. The number of halogens is 1. The van der Waals surface area contributed by atoms with Crippen molar-refractivity contribution >= 4 is 17.7 Å². The minimum Gasteiger partial charge on any atom is -0.423 e. The molecule has 1 aliphatic carbocycles. The Kier molecular flexibility index (Phi) is 3.29. The van der Waals surface area contributed by atoms with E-state index in [9.17, 15) is 19.3 Å². The standard InChI is InChI=1S/C15H12FNO4/c16-12-6-5-9(7-13(12)17(19)20)8-14-10-3-1-2-4-11(10)15(18)21-14/h5-8H,1-4H2/b14-8+. The lowest BCUT2D eigenvalue weighted by Crippen LogP contribution is -2.01. The Morgan fingerprint density at radius 2 is 1.95 bits per heavy atom. The molecular formula is C15H12FNO4. The quantitative estimate of drug-likeness (QED) is 0.474. The molecule has 3 rings (SSSR count). The topological polar surface area (TPSA) is 69.4 Å². The summed E-state index contributed by atoms with van der Waals surface area (Å²) in [5.74, 6) is -0.800. The first-order valence-corrected chi connectivity index (χ1v) is 6.66. The summed E-state index contributed by atoms with van der Waals surface area (Å²) in [7, 11) is 0. The molecule has 0 saturated carbocycles. The van der Waals surface area contributed by atoms with Crippen LogP contribution in [0, 0.1) is 15.9 Å². The molecule has 0 spiro atoms. The number of rotatable bonds is 2. The summed E-state index contributed by atoms with van der Waals surface area (Å²) < 4.78 is 18.5. The number of nitro groups is 1. The van der Waals surface area contributed by atoms with Crippen LogP contribution in [0.3, 0.4) is 0 Å². The van der Waals surface area contributed by atoms with Gasteiger partial charge in [-0.3, -0.25) is 10.1 Å². The maximum Gasteiger partial charge on any atom is 0.339 e. The third kappa shape index (κ3) is 2.44. The molecule has 6 heteroatoms. The van der Waals surface area contributed by atoms with Crippen LogP contribution < -0.4 is 0 Å². The van der Waals surface area contributed by atoms with Crippen molar-refractivity contribution in [1.29, 1.82) is 0 Å². The van der Waals surface area contributed by atoms with Crippen molar-refractivity contribution in [2.75, 3.05) is 0 Å². The molecule has 0 bridgehead atoms. The molecule has 0 aromatic heterocycles. The Bertz CT molecular complexity index is 706. The van der Waals surface area contributed by atoms with Crippen LogP contribution >= 0.6 is 0 Å². The SMILES string of the molecule is O=C1O/C(=C/c2ccc(F)c([N+](=O)[O-])c2)C2=C1CCCC2. The highest BCUT2D eigenvalue weighted by Gasteiger charge is 2.31. The number of ether oxygens (including phenoxy) is 1. The van der Waals surface area contributed by atoms with E-state index in [1.54, 1.807) is 6.08 Å². The average Bonchev–Trinajstić information content (AvgIpc) is 2.78. The van der Waals surface area contributed by atoms with Gasteiger partial charge in [0.2, 0.25) is 5.82 Å². The molecule has 1 aromatic carbocycles. The molecule has 21 heavy (non-hydrogen) atoms. The first kappa shape index (κ1) is 13.5. The Hall–Kier alpha value is -2.50. The molecule has 0 saturated heterocycles. The van der Waals surface area contributed by atoms with E-state index in [0.29, 0.717) is 23.3 Å². The molecule has 1 aliphatic heterocycles. The van der Waals surface area contributed by atoms with E-state index < -0.39 is 16.4 Å². The molecule has 108 valence electrons. The maximum atomic E-state index is 13.3. The van der Waals surface area contributed by atoms with Crippen molar-refractivity contribution in [3.05, 3.63) is 56.6 Å². The summed E-state index contributed by atoms with van der Waals surface area (Å²) >= 11 is 0. The minimum absolute atomic E-state index is 0.340.